The molecule has 2 N–H and O–H groups in total. The van der Waals surface area contributed by atoms with Crippen LogP contribution in [0.4, 0.5) is 4.79 Å². The fraction of sp³-hybridized carbons (Fsp3) is 0.235. The normalized spacial score (nSPS) is 10.3. The van der Waals surface area contributed by atoms with Crippen LogP contribution in [0.25, 0.3) is 0 Å². The van der Waals surface area contributed by atoms with Crippen LogP contribution in [0.15, 0.2) is 51.4 Å². The van der Waals surface area contributed by atoms with Crippen LogP contribution in [0.5, 0.6) is 5.75 Å². The monoisotopic (exact) mass is 474 g/mol. The van der Waals surface area contributed by atoms with E-state index in [0.29, 0.717) is 36.9 Å². The molecule has 0 aliphatic heterocycles. The molecule has 0 atom stereocenters. The van der Waals surface area contributed by atoms with Gasteiger partial charge < -0.3 is 15.4 Å². The first-order valence-electron chi connectivity index (χ1n) is 7.38. The van der Waals surface area contributed by atoms with Crippen LogP contribution in [0.1, 0.15) is 12.0 Å². The van der Waals surface area contributed by atoms with Crippen LogP contribution >= 0.6 is 43.5 Å². The van der Waals surface area contributed by atoms with E-state index in [1.165, 1.54) is 0 Å². The number of urea groups is 1. The summed E-state index contributed by atoms with van der Waals surface area (Å²) < 4.78 is 7.48. The highest BCUT2D eigenvalue weighted by Crippen LogP contribution is 2.27. The number of hydrogen-bond acceptors (Lipinski definition) is 2. The van der Waals surface area contributed by atoms with Crippen LogP contribution in [0.3, 0.4) is 0 Å². The van der Waals surface area contributed by atoms with E-state index in [1.807, 2.05) is 36.4 Å². The zero-order valence-corrected chi connectivity index (χ0v) is 16.7. The molecule has 0 heterocycles. The lowest BCUT2D eigenvalue weighted by atomic mass is 10.2. The van der Waals surface area contributed by atoms with Crippen LogP contribution < -0.4 is 15.4 Å². The zero-order valence-electron chi connectivity index (χ0n) is 12.8. The molecule has 0 fully saturated rings. The number of hydrogen-bond donors (Lipinski definition) is 2. The molecule has 24 heavy (non-hydrogen) atoms. The number of nitrogens with one attached hydrogen (secondary N) is 2. The summed E-state index contributed by atoms with van der Waals surface area (Å²) in [6, 6.07) is 13.1. The van der Waals surface area contributed by atoms with Gasteiger partial charge in [0.05, 0.1) is 11.6 Å². The van der Waals surface area contributed by atoms with E-state index in [1.54, 1.807) is 6.07 Å². The van der Waals surface area contributed by atoms with Gasteiger partial charge in [-0.2, -0.15) is 0 Å². The molecule has 0 aliphatic carbocycles. The van der Waals surface area contributed by atoms with Crippen molar-refractivity contribution in [3.05, 3.63) is 62.0 Å². The first-order valence-corrected chi connectivity index (χ1v) is 9.35. The summed E-state index contributed by atoms with van der Waals surface area (Å²) in [5, 5.41) is 6.17. The first kappa shape index (κ1) is 19.1. The van der Waals surface area contributed by atoms with Gasteiger partial charge in [-0.3, -0.25) is 0 Å². The van der Waals surface area contributed by atoms with Crippen molar-refractivity contribution in [2.45, 2.75) is 13.0 Å². The second-order valence-electron chi connectivity index (χ2n) is 5.02. The van der Waals surface area contributed by atoms with E-state index in [9.17, 15) is 4.79 Å². The van der Waals surface area contributed by atoms with Gasteiger partial charge in [-0.1, -0.05) is 55.6 Å². The maximum absolute atomic E-state index is 11.7. The largest absolute Gasteiger partial charge is 0.492 e. The van der Waals surface area contributed by atoms with E-state index >= 15 is 0 Å². The Bertz CT molecular complexity index is 698. The average Bonchev–Trinajstić information content (AvgIpc) is 2.54. The molecule has 0 unspecified atom stereocenters. The van der Waals surface area contributed by atoms with E-state index in [-0.39, 0.29) is 6.03 Å². The third-order valence-corrected chi connectivity index (χ3v) is 4.38. The predicted octanol–water partition coefficient (Wildman–Crippen LogP) is 5.13. The molecule has 0 saturated carbocycles. The molecule has 0 aromatic heterocycles. The molecule has 0 bridgehead atoms. The van der Waals surface area contributed by atoms with E-state index in [2.05, 4.69) is 42.5 Å². The van der Waals surface area contributed by atoms with Crippen molar-refractivity contribution >= 4 is 49.5 Å². The molecule has 0 saturated heterocycles. The van der Waals surface area contributed by atoms with Crippen molar-refractivity contribution < 1.29 is 9.53 Å². The molecule has 0 spiro atoms. The molecular formula is C17H17Br2ClN2O2. The first-order chi connectivity index (χ1) is 11.5. The number of benzene rings is 2. The Labute approximate surface area is 163 Å². The van der Waals surface area contributed by atoms with Crippen LogP contribution in [-0.4, -0.2) is 19.2 Å². The second-order valence-corrected chi connectivity index (χ2v) is 7.25. The maximum Gasteiger partial charge on any atom is 0.315 e. The topological polar surface area (TPSA) is 50.4 Å². The lowest BCUT2D eigenvalue weighted by molar-refractivity contribution is 0.238. The zero-order chi connectivity index (χ0) is 17.4. The Balaban J connectivity index is 1.61. The Morgan fingerprint density at radius 2 is 1.88 bits per heavy atom. The molecule has 7 heteroatoms. The standard InChI is InChI=1S/C17H17Br2ClN2O2/c18-13-4-1-3-12(9-13)11-22-17(23)21-7-2-8-24-16-6-5-14(19)10-15(16)20/h1,3-6,9-10H,2,7-8,11H2,(H2,21,22,23). The number of halogens is 3. The number of amides is 2. The fourth-order valence-electron chi connectivity index (χ4n) is 1.94. The molecular weight excluding hydrogens is 459 g/mol. The fourth-order valence-corrected chi connectivity index (χ4v) is 3.11. The Morgan fingerprint density at radius 1 is 1.08 bits per heavy atom. The van der Waals surface area contributed by atoms with Crippen LogP contribution in [-0.2, 0) is 6.54 Å². The van der Waals surface area contributed by atoms with Crippen molar-refractivity contribution in [3.8, 4) is 5.75 Å². The summed E-state index contributed by atoms with van der Waals surface area (Å²) >= 11 is 12.8. The predicted molar refractivity (Wildman–Crippen MR) is 104 cm³/mol. The minimum Gasteiger partial charge on any atom is -0.492 e. The number of carbonyl (C=O) groups is 1. The van der Waals surface area contributed by atoms with Crippen molar-refractivity contribution in [1.82, 2.24) is 10.6 Å². The molecule has 4 nitrogen and oxygen atoms in total. The van der Waals surface area contributed by atoms with Gasteiger partial charge in [0.15, 0.2) is 0 Å². The van der Waals surface area contributed by atoms with Gasteiger partial charge in [0.1, 0.15) is 5.75 Å². The molecule has 2 rings (SSSR count). The van der Waals surface area contributed by atoms with Gasteiger partial charge >= 0.3 is 6.03 Å². The highest BCUT2D eigenvalue weighted by atomic mass is 79.9. The summed E-state index contributed by atoms with van der Waals surface area (Å²) in [5.74, 6) is 0.638. The summed E-state index contributed by atoms with van der Waals surface area (Å²) in [6.07, 6.45) is 0.691. The summed E-state index contributed by atoms with van der Waals surface area (Å²) in [7, 11) is 0. The highest BCUT2D eigenvalue weighted by Gasteiger charge is 2.03. The van der Waals surface area contributed by atoms with Gasteiger partial charge in [-0.05, 0) is 42.3 Å². The Morgan fingerprint density at radius 3 is 2.62 bits per heavy atom. The molecule has 128 valence electrons. The minimum atomic E-state index is -0.198. The Kier molecular flexibility index (Phi) is 7.88. The third-order valence-electron chi connectivity index (χ3n) is 3.10. The van der Waals surface area contributed by atoms with Crippen LogP contribution in [0, 0.1) is 0 Å². The van der Waals surface area contributed by atoms with E-state index in [0.717, 1.165) is 14.5 Å². The number of rotatable bonds is 7. The lowest BCUT2D eigenvalue weighted by Crippen LogP contribution is -2.36. The van der Waals surface area contributed by atoms with Gasteiger partial charge in [-0.25, -0.2) is 4.79 Å². The van der Waals surface area contributed by atoms with Crippen molar-refractivity contribution in [2.24, 2.45) is 0 Å². The minimum absolute atomic E-state index is 0.198. The van der Waals surface area contributed by atoms with E-state index in [4.69, 9.17) is 16.3 Å². The van der Waals surface area contributed by atoms with Crippen molar-refractivity contribution in [2.75, 3.05) is 13.2 Å². The molecule has 0 aliphatic rings. The SMILES string of the molecule is O=C(NCCCOc1ccc(Br)cc1Cl)NCc1cccc(Br)c1. The maximum atomic E-state index is 11.7. The summed E-state index contributed by atoms with van der Waals surface area (Å²) in [6.45, 7) is 1.49. The van der Waals surface area contributed by atoms with Gasteiger partial charge in [-0.15, -0.1) is 0 Å². The second kappa shape index (κ2) is 9.91. The lowest BCUT2D eigenvalue weighted by Gasteiger charge is -2.10. The molecule has 0 radical (unpaired) electrons. The molecule has 2 amide bonds. The summed E-state index contributed by atoms with van der Waals surface area (Å²) in [5.41, 5.74) is 1.03. The number of carbonyl (C=O) groups excluding carboxylic acids is 1. The van der Waals surface area contributed by atoms with Gasteiger partial charge in [0.25, 0.3) is 0 Å². The smallest absolute Gasteiger partial charge is 0.315 e. The molecule has 2 aromatic carbocycles. The highest BCUT2D eigenvalue weighted by molar-refractivity contribution is 9.10. The van der Waals surface area contributed by atoms with Crippen LogP contribution in [0.2, 0.25) is 5.02 Å². The van der Waals surface area contributed by atoms with Crippen molar-refractivity contribution in [1.29, 1.82) is 0 Å². The average molecular weight is 477 g/mol. The van der Waals surface area contributed by atoms with Crippen molar-refractivity contribution in [3.63, 3.8) is 0 Å². The quantitative estimate of drug-likeness (QED) is 0.544. The number of ether oxygens (including phenoxy) is 1. The van der Waals surface area contributed by atoms with E-state index < -0.39 is 0 Å². The van der Waals surface area contributed by atoms with Gasteiger partial charge in [0.2, 0.25) is 0 Å². The Hall–Kier alpha value is -1.24. The van der Waals surface area contributed by atoms with Gasteiger partial charge in [0, 0.05) is 22.0 Å². The molecule has 2 aromatic rings. The third kappa shape index (κ3) is 6.71. The summed E-state index contributed by atoms with van der Waals surface area (Å²) in [4.78, 5) is 11.7.